The SMILES string of the molecule is CNC(=O)c1cc(Oc2cccc(C(=O)Nc3ccc(Cl)cc3)c2)ccn1. The number of rotatable bonds is 5. The van der Waals surface area contributed by atoms with E-state index in [2.05, 4.69) is 15.6 Å². The number of halogens is 1. The van der Waals surface area contributed by atoms with Gasteiger partial charge in [0.25, 0.3) is 11.8 Å². The first-order valence-corrected chi connectivity index (χ1v) is 8.46. The lowest BCUT2D eigenvalue weighted by molar-refractivity contribution is 0.0957. The minimum Gasteiger partial charge on any atom is -0.457 e. The molecule has 6 nitrogen and oxygen atoms in total. The fourth-order valence-electron chi connectivity index (χ4n) is 2.30. The smallest absolute Gasteiger partial charge is 0.269 e. The van der Waals surface area contributed by atoms with E-state index in [0.717, 1.165) is 0 Å². The van der Waals surface area contributed by atoms with Gasteiger partial charge in [-0.2, -0.15) is 0 Å². The molecule has 0 spiro atoms. The largest absolute Gasteiger partial charge is 0.457 e. The highest BCUT2D eigenvalue weighted by molar-refractivity contribution is 6.30. The molecule has 0 saturated heterocycles. The van der Waals surface area contributed by atoms with Gasteiger partial charge >= 0.3 is 0 Å². The van der Waals surface area contributed by atoms with Crippen molar-refractivity contribution in [2.45, 2.75) is 0 Å². The molecule has 0 saturated carbocycles. The van der Waals surface area contributed by atoms with Crippen molar-refractivity contribution in [1.29, 1.82) is 0 Å². The summed E-state index contributed by atoms with van der Waals surface area (Å²) in [5.41, 5.74) is 1.31. The van der Waals surface area contributed by atoms with Gasteiger partial charge in [0.2, 0.25) is 0 Å². The van der Waals surface area contributed by atoms with Crippen LogP contribution >= 0.6 is 11.6 Å². The van der Waals surface area contributed by atoms with Crippen molar-refractivity contribution in [2.75, 3.05) is 12.4 Å². The lowest BCUT2D eigenvalue weighted by Gasteiger charge is -2.09. The van der Waals surface area contributed by atoms with Crippen LogP contribution in [0.4, 0.5) is 5.69 Å². The van der Waals surface area contributed by atoms with Crippen LogP contribution in [0.5, 0.6) is 11.5 Å². The van der Waals surface area contributed by atoms with Crippen molar-refractivity contribution in [2.24, 2.45) is 0 Å². The van der Waals surface area contributed by atoms with Crippen LogP contribution in [-0.2, 0) is 0 Å². The highest BCUT2D eigenvalue weighted by Gasteiger charge is 2.10. The second kappa shape index (κ2) is 8.33. The zero-order valence-corrected chi connectivity index (χ0v) is 15.2. The molecule has 0 fully saturated rings. The van der Waals surface area contributed by atoms with Gasteiger partial charge in [-0.05, 0) is 48.5 Å². The molecule has 27 heavy (non-hydrogen) atoms. The first kappa shape index (κ1) is 18.4. The predicted molar refractivity (Wildman–Crippen MR) is 104 cm³/mol. The fraction of sp³-hybridized carbons (Fsp3) is 0.0500. The Bertz CT molecular complexity index is 974. The van der Waals surface area contributed by atoms with E-state index in [1.807, 2.05) is 0 Å². The molecular formula is C20H16ClN3O3. The van der Waals surface area contributed by atoms with Crippen LogP contribution in [0.3, 0.4) is 0 Å². The maximum Gasteiger partial charge on any atom is 0.269 e. The summed E-state index contributed by atoms with van der Waals surface area (Å²) in [7, 11) is 1.53. The Balaban J connectivity index is 1.74. The molecular weight excluding hydrogens is 366 g/mol. The second-order valence-electron chi connectivity index (χ2n) is 5.55. The van der Waals surface area contributed by atoms with Gasteiger partial charge in [-0.25, -0.2) is 0 Å². The van der Waals surface area contributed by atoms with Crippen molar-refractivity contribution in [3.05, 3.63) is 83.1 Å². The van der Waals surface area contributed by atoms with E-state index in [1.54, 1.807) is 54.6 Å². The molecule has 0 unspecified atom stereocenters. The molecule has 2 N–H and O–H groups in total. The van der Waals surface area contributed by atoms with E-state index in [1.165, 1.54) is 19.3 Å². The topological polar surface area (TPSA) is 80.3 Å². The Morgan fingerprint density at radius 2 is 1.70 bits per heavy atom. The molecule has 0 aliphatic carbocycles. The molecule has 0 aliphatic heterocycles. The maximum atomic E-state index is 12.4. The van der Waals surface area contributed by atoms with Crippen molar-refractivity contribution in [1.82, 2.24) is 10.3 Å². The van der Waals surface area contributed by atoms with Crippen molar-refractivity contribution in [3.8, 4) is 11.5 Å². The van der Waals surface area contributed by atoms with Gasteiger partial charge in [0.1, 0.15) is 17.2 Å². The molecule has 0 bridgehead atoms. The van der Waals surface area contributed by atoms with Crippen LogP contribution in [-0.4, -0.2) is 23.8 Å². The number of pyridine rings is 1. The van der Waals surface area contributed by atoms with Crippen LogP contribution in [0.25, 0.3) is 0 Å². The average Bonchev–Trinajstić information content (AvgIpc) is 2.69. The zero-order valence-electron chi connectivity index (χ0n) is 14.4. The summed E-state index contributed by atoms with van der Waals surface area (Å²) >= 11 is 5.84. The summed E-state index contributed by atoms with van der Waals surface area (Å²) in [6, 6.07) is 16.7. The van der Waals surface area contributed by atoms with Crippen molar-refractivity contribution < 1.29 is 14.3 Å². The van der Waals surface area contributed by atoms with E-state index in [4.69, 9.17) is 16.3 Å². The lowest BCUT2D eigenvalue weighted by Crippen LogP contribution is -2.18. The van der Waals surface area contributed by atoms with E-state index in [9.17, 15) is 9.59 Å². The third kappa shape index (κ3) is 4.83. The molecule has 1 heterocycles. The summed E-state index contributed by atoms with van der Waals surface area (Å²) in [5.74, 6) is 0.326. The number of nitrogens with one attached hydrogen (secondary N) is 2. The minimum atomic E-state index is -0.309. The summed E-state index contributed by atoms with van der Waals surface area (Å²) in [6.07, 6.45) is 1.48. The van der Waals surface area contributed by atoms with E-state index >= 15 is 0 Å². The number of carbonyl (C=O) groups excluding carboxylic acids is 2. The Kier molecular flexibility index (Phi) is 5.68. The molecule has 0 atom stereocenters. The van der Waals surface area contributed by atoms with Crippen LogP contribution in [0.1, 0.15) is 20.8 Å². The molecule has 3 rings (SSSR count). The highest BCUT2D eigenvalue weighted by atomic mass is 35.5. The third-order valence-electron chi connectivity index (χ3n) is 3.63. The quantitative estimate of drug-likeness (QED) is 0.696. The van der Waals surface area contributed by atoms with Gasteiger partial charge in [-0.1, -0.05) is 17.7 Å². The molecule has 1 aromatic heterocycles. The molecule has 2 amide bonds. The number of nitrogens with zero attached hydrogens (tertiary/aromatic N) is 1. The predicted octanol–water partition coefficient (Wildman–Crippen LogP) is 4.14. The minimum absolute atomic E-state index is 0.242. The Morgan fingerprint density at radius 1 is 0.963 bits per heavy atom. The number of hydrogen-bond acceptors (Lipinski definition) is 4. The standard InChI is InChI=1S/C20H16ClN3O3/c1-22-20(26)18-12-17(9-10-23-18)27-16-4-2-3-13(11-16)19(25)24-15-7-5-14(21)6-8-15/h2-12H,1H3,(H,22,26)(H,24,25). The zero-order chi connectivity index (χ0) is 19.2. The van der Waals surface area contributed by atoms with E-state index in [-0.39, 0.29) is 17.5 Å². The number of ether oxygens (including phenoxy) is 1. The number of anilines is 1. The maximum absolute atomic E-state index is 12.4. The Hall–Kier alpha value is -3.38. The molecule has 136 valence electrons. The lowest BCUT2D eigenvalue weighted by atomic mass is 10.2. The highest BCUT2D eigenvalue weighted by Crippen LogP contribution is 2.23. The van der Waals surface area contributed by atoms with Crippen molar-refractivity contribution in [3.63, 3.8) is 0 Å². The number of aromatic nitrogens is 1. The first-order valence-electron chi connectivity index (χ1n) is 8.08. The number of amides is 2. The second-order valence-corrected chi connectivity index (χ2v) is 5.98. The number of hydrogen-bond donors (Lipinski definition) is 2. The number of benzene rings is 2. The molecule has 2 aromatic carbocycles. The van der Waals surface area contributed by atoms with Crippen LogP contribution in [0, 0.1) is 0 Å². The fourth-order valence-corrected chi connectivity index (χ4v) is 2.43. The Morgan fingerprint density at radius 3 is 2.44 bits per heavy atom. The average molecular weight is 382 g/mol. The molecule has 7 heteroatoms. The summed E-state index contributed by atoms with van der Waals surface area (Å²) < 4.78 is 5.75. The van der Waals surface area contributed by atoms with Gasteiger partial charge < -0.3 is 15.4 Å². The molecule has 0 aliphatic rings. The normalized spacial score (nSPS) is 10.1. The van der Waals surface area contributed by atoms with E-state index in [0.29, 0.717) is 27.8 Å². The molecule has 0 radical (unpaired) electrons. The summed E-state index contributed by atoms with van der Waals surface area (Å²) in [5, 5.41) is 5.89. The van der Waals surface area contributed by atoms with Gasteiger partial charge in [-0.3, -0.25) is 14.6 Å². The third-order valence-corrected chi connectivity index (χ3v) is 3.88. The van der Waals surface area contributed by atoms with Gasteiger partial charge in [0.15, 0.2) is 0 Å². The van der Waals surface area contributed by atoms with E-state index < -0.39 is 0 Å². The van der Waals surface area contributed by atoms with Crippen LogP contribution in [0.2, 0.25) is 5.02 Å². The van der Waals surface area contributed by atoms with Crippen LogP contribution < -0.4 is 15.4 Å². The van der Waals surface area contributed by atoms with Crippen molar-refractivity contribution >= 4 is 29.1 Å². The summed E-state index contributed by atoms with van der Waals surface area (Å²) in [6.45, 7) is 0. The Labute approximate surface area is 161 Å². The molecule has 3 aromatic rings. The van der Waals surface area contributed by atoms with Gasteiger partial charge in [0, 0.05) is 35.6 Å². The first-order chi connectivity index (χ1) is 13.0. The van der Waals surface area contributed by atoms with Gasteiger partial charge in [-0.15, -0.1) is 0 Å². The monoisotopic (exact) mass is 381 g/mol. The van der Waals surface area contributed by atoms with Gasteiger partial charge in [0.05, 0.1) is 0 Å². The summed E-state index contributed by atoms with van der Waals surface area (Å²) in [4.78, 5) is 28.1. The number of carbonyl (C=O) groups is 2. The van der Waals surface area contributed by atoms with Crippen LogP contribution in [0.15, 0.2) is 66.9 Å².